The second kappa shape index (κ2) is 17.0. The maximum absolute atomic E-state index is 15.8. The van der Waals surface area contributed by atoms with Gasteiger partial charge in [-0.1, -0.05) is 19.9 Å². The molecule has 282 valence electrons. The van der Waals surface area contributed by atoms with E-state index in [9.17, 15) is 27.2 Å². The minimum Gasteiger partial charge on any atom is -0.467 e. The number of nitrogen functional groups attached to an aromatic ring is 1. The highest BCUT2D eigenvalue weighted by atomic mass is 32.1. The third kappa shape index (κ3) is 8.28. The van der Waals surface area contributed by atoms with Crippen LogP contribution in [-0.2, 0) is 19.0 Å². The van der Waals surface area contributed by atoms with Gasteiger partial charge < -0.3 is 15.8 Å². The molecule has 8 rings (SSSR count). The number of hydrogen-bond donors (Lipinski definition) is 2. The topological polar surface area (TPSA) is 113 Å². The third-order valence-electron chi connectivity index (χ3n) is 9.44. The Kier molecular flexibility index (Phi) is 12.7. The summed E-state index contributed by atoms with van der Waals surface area (Å²) < 4.78 is 89.8. The molecule has 0 spiro atoms. The van der Waals surface area contributed by atoms with Gasteiger partial charge in [0.25, 0.3) is 0 Å². The van der Waals surface area contributed by atoms with Crippen molar-refractivity contribution in [1.29, 1.82) is 5.26 Å². The Hall–Kier alpha value is -4.68. The molecule has 0 amide bonds. The predicted octanol–water partition coefficient (Wildman–Crippen LogP) is 9.49. The number of ether oxygens (including phenoxy) is 1. The molecule has 53 heavy (non-hydrogen) atoms. The summed E-state index contributed by atoms with van der Waals surface area (Å²) in [6.45, 7) is 5.86. The van der Waals surface area contributed by atoms with Gasteiger partial charge >= 0.3 is 12.2 Å². The van der Waals surface area contributed by atoms with Gasteiger partial charge in [0.05, 0.1) is 22.9 Å². The lowest BCUT2D eigenvalue weighted by atomic mass is 9.92. The van der Waals surface area contributed by atoms with Gasteiger partial charge in [-0.2, -0.15) is 28.4 Å². The summed E-state index contributed by atoms with van der Waals surface area (Å²) in [5.74, 6) is -2.20. The first kappa shape index (κ1) is 39.5. The van der Waals surface area contributed by atoms with Gasteiger partial charge in [0.2, 0.25) is 0 Å². The maximum Gasteiger partial charge on any atom is 0.417 e. The van der Waals surface area contributed by atoms with Gasteiger partial charge in [-0.3, -0.25) is 9.88 Å². The van der Waals surface area contributed by atoms with E-state index in [1.54, 1.807) is 6.07 Å². The van der Waals surface area contributed by atoms with Crippen LogP contribution in [0.2, 0.25) is 0 Å². The fourth-order valence-electron chi connectivity index (χ4n) is 7.07. The number of alkyl halides is 4. The van der Waals surface area contributed by atoms with Crippen LogP contribution in [0.25, 0.3) is 32.1 Å². The van der Waals surface area contributed by atoms with Crippen molar-refractivity contribution in [3.05, 3.63) is 70.5 Å². The number of anilines is 2. The lowest BCUT2D eigenvalue weighted by Crippen LogP contribution is -2.22. The van der Waals surface area contributed by atoms with Crippen LogP contribution in [0.5, 0.6) is 6.01 Å². The Labute approximate surface area is 308 Å². The number of methoxy groups -OCH3 is 1. The SMILES string of the molecule is CC.CNc1nc(OC)nc2c(F)c(-c3ccc(F)c4sc(N)c(C#N)c34)c(C(F)(F)F)cc12.FC1CC2CCCN2C1.c1cc2c(cn1)CCCC2. The number of nitrogens with one attached hydrogen (secondary N) is 1. The van der Waals surface area contributed by atoms with E-state index in [-0.39, 0.29) is 43.4 Å². The predicted molar refractivity (Wildman–Crippen MR) is 197 cm³/mol. The molecule has 0 saturated carbocycles. The number of fused-ring (bicyclic) bond motifs is 4. The van der Waals surface area contributed by atoms with Crippen LogP contribution in [0.4, 0.5) is 37.2 Å². The average Bonchev–Trinajstić information content (AvgIpc) is 3.85. The minimum absolute atomic E-state index is 0.0791. The maximum atomic E-state index is 15.8. The van der Waals surface area contributed by atoms with Crippen molar-refractivity contribution in [3.63, 3.8) is 0 Å². The highest BCUT2D eigenvalue weighted by Gasteiger charge is 2.38. The summed E-state index contributed by atoms with van der Waals surface area (Å²) >= 11 is 0.695. The van der Waals surface area contributed by atoms with Crippen LogP contribution in [0.3, 0.4) is 0 Å². The summed E-state index contributed by atoms with van der Waals surface area (Å²) in [5, 5.41) is 11.5. The molecular weight excluding hydrogens is 717 g/mol. The van der Waals surface area contributed by atoms with Gasteiger partial charge in [-0.05, 0) is 86.4 Å². The van der Waals surface area contributed by atoms with Gasteiger partial charge in [-0.25, -0.2) is 13.2 Å². The number of aryl methyl sites for hydroxylation is 2. The van der Waals surface area contributed by atoms with E-state index in [0.29, 0.717) is 30.0 Å². The molecule has 2 aromatic carbocycles. The number of halogens is 6. The van der Waals surface area contributed by atoms with Gasteiger partial charge in [0.1, 0.15) is 34.4 Å². The van der Waals surface area contributed by atoms with Crippen molar-refractivity contribution in [1.82, 2.24) is 19.9 Å². The molecule has 2 unspecified atom stereocenters. The highest BCUT2D eigenvalue weighted by molar-refractivity contribution is 7.23. The lowest BCUT2D eigenvalue weighted by molar-refractivity contribution is -0.137. The summed E-state index contributed by atoms with van der Waals surface area (Å²) in [6.07, 6.45) is 6.92. The molecule has 8 nitrogen and oxygen atoms in total. The van der Waals surface area contributed by atoms with Crippen molar-refractivity contribution >= 4 is 43.1 Å². The van der Waals surface area contributed by atoms with E-state index >= 15 is 4.39 Å². The molecule has 5 aromatic rings. The minimum atomic E-state index is -5.00. The van der Waals surface area contributed by atoms with Crippen LogP contribution in [-0.4, -0.2) is 59.3 Å². The van der Waals surface area contributed by atoms with E-state index in [2.05, 4.69) is 31.2 Å². The van der Waals surface area contributed by atoms with Crippen LogP contribution in [0.15, 0.2) is 36.7 Å². The van der Waals surface area contributed by atoms with Crippen molar-refractivity contribution in [2.24, 2.45) is 0 Å². The average molecular weight is 758 g/mol. The van der Waals surface area contributed by atoms with Crippen molar-refractivity contribution < 1.29 is 31.1 Å². The van der Waals surface area contributed by atoms with Crippen molar-refractivity contribution in [2.75, 3.05) is 38.3 Å². The highest BCUT2D eigenvalue weighted by Crippen LogP contribution is 2.47. The summed E-state index contributed by atoms with van der Waals surface area (Å²) in [4.78, 5) is 14.2. The van der Waals surface area contributed by atoms with Crippen LogP contribution in [0, 0.1) is 23.0 Å². The zero-order chi connectivity index (χ0) is 38.4. The Morgan fingerprint density at radius 1 is 1.08 bits per heavy atom. The summed E-state index contributed by atoms with van der Waals surface area (Å²) in [6, 6.07) is 6.85. The fourth-order valence-corrected chi connectivity index (χ4v) is 8.02. The Morgan fingerprint density at radius 3 is 2.45 bits per heavy atom. The lowest BCUT2D eigenvalue weighted by Gasteiger charge is -2.18. The molecule has 3 aromatic heterocycles. The van der Waals surface area contributed by atoms with E-state index < -0.39 is 40.6 Å². The first-order valence-corrected chi connectivity index (χ1v) is 18.3. The molecule has 2 fully saturated rings. The van der Waals surface area contributed by atoms with Gasteiger partial charge in [0, 0.05) is 48.4 Å². The second-order valence-electron chi connectivity index (χ2n) is 12.5. The Morgan fingerprint density at radius 2 is 1.81 bits per heavy atom. The molecule has 15 heteroatoms. The van der Waals surface area contributed by atoms with Gasteiger partial charge in [0.15, 0.2) is 5.82 Å². The molecule has 1 aliphatic carbocycles. The van der Waals surface area contributed by atoms with E-state index in [1.165, 1.54) is 63.8 Å². The molecule has 0 radical (unpaired) electrons. The van der Waals surface area contributed by atoms with E-state index in [1.807, 2.05) is 26.2 Å². The van der Waals surface area contributed by atoms with Crippen LogP contribution >= 0.6 is 11.3 Å². The molecule has 3 aliphatic rings. The number of nitriles is 1. The zero-order valence-electron chi connectivity index (χ0n) is 29.9. The van der Waals surface area contributed by atoms with Crippen molar-refractivity contribution in [3.8, 4) is 23.2 Å². The first-order chi connectivity index (χ1) is 25.4. The Balaban J connectivity index is 0.000000206. The molecule has 5 heterocycles. The van der Waals surface area contributed by atoms with E-state index in [0.717, 1.165) is 25.1 Å². The molecule has 3 N–H and O–H groups in total. The van der Waals surface area contributed by atoms with Crippen LogP contribution in [0.1, 0.15) is 68.2 Å². The fraction of sp³-hybridized carbons (Fsp3) is 0.421. The normalized spacial score (nSPS) is 17.7. The number of rotatable bonds is 3. The second-order valence-corrected chi connectivity index (χ2v) is 13.6. The number of nitrogens with two attached hydrogens (primary N) is 1. The number of thiophene rings is 1. The number of aromatic nitrogens is 3. The van der Waals surface area contributed by atoms with Crippen LogP contribution < -0.4 is 15.8 Å². The van der Waals surface area contributed by atoms with E-state index in [4.69, 9.17) is 10.5 Å². The first-order valence-electron chi connectivity index (χ1n) is 17.5. The van der Waals surface area contributed by atoms with Crippen molar-refractivity contribution in [2.45, 2.75) is 77.2 Å². The number of pyridine rings is 1. The van der Waals surface area contributed by atoms with Gasteiger partial charge in [-0.15, -0.1) is 11.3 Å². The summed E-state index contributed by atoms with van der Waals surface area (Å²) in [5.41, 5.74) is 5.53. The molecule has 2 aliphatic heterocycles. The monoisotopic (exact) mass is 757 g/mol. The Bertz CT molecular complexity index is 2080. The molecule has 0 bridgehead atoms. The molecule has 2 atom stereocenters. The third-order valence-corrected chi connectivity index (χ3v) is 10.5. The smallest absolute Gasteiger partial charge is 0.417 e. The number of benzene rings is 2. The summed E-state index contributed by atoms with van der Waals surface area (Å²) in [7, 11) is 2.62. The molecular formula is C38H41F6N7OS. The quantitative estimate of drug-likeness (QED) is 0.175. The number of nitrogens with zero attached hydrogens (tertiary/aromatic N) is 5. The number of hydrogen-bond acceptors (Lipinski definition) is 9. The zero-order valence-corrected chi connectivity index (χ0v) is 30.7. The standard InChI is InChI=1S/C20H12F5N5OS.C9H11N.C7H12FN.C2H6/c1-28-18-8-5-10(20(23,24)25)13(14(22)15(8)29-19(30-18)31-2)7-3-4-11(21)16-12(7)9(6-26)17(27)32-16;1-2-4-9-7-10-6-5-8(9)3-1;8-6-4-7-2-1-3-9(7)5-6;1-2/h3-5H,27H2,1-2H3,(H,28,29,30);5-7H,1-4H2;6-7H,1-5H2;1-2H3. The largest absolute Gasteiger partial charge is 0.467 e. The molecule has 2 saturated heterocycles.